The smallest absolute Gasteiger partial charge is 0.115 e. The molecule has 0 aliphatic carbocycles. The van der Waals surface area contributed by atoms with Crippen LogP contribution in [0.5, 0.6) is 0 Å². The first-order chi connectivity index (χ1) is 6.29. The molecule has 13 heavy (non-hydrogen) atoms. The molecule has 0 aliphatic heterocycles. The van der Waals surface area contributed by atoms with Crippen molar-refractivity contribution < 1.29 is 9.50 Å². The summed E-state index contributed by atoms with van der Waals surface area (Å²) >= 11 is 0. The van der Waals surface area contributed by atoms with Crippen LogP contribution in [0.15, 0.2) is 24.3 Å². The van der Waals surface area contributed by atoms with Crippen molar-refractivity contribution in [1.82, 2.24) is 0 Å². The molecule has 0 heterocycles. The third kappa shape index (κ3) is 2.50. The molecule has 0 radical (unpaired) electrons. The molecule has 0 saturated heterocycles. The molecule has 3 N–H and O–H groups in total. The van der Waals surface area contributed by atoms with E-state index in [-0.39, 0.29) is 12.6 Å². The van der Waals surface area contributed by atoms with E-state index in [0.717, 1.165) is 5.56 Å². The van der Waals surface area contributed by atoms with Gasteiger partial charge in [-0.1, -0.05) is 24.3 Å². The van der Waals surface area contributed by atoms with Gasteiger partial charge in [0.15, 0.2) is 0 Å². The van der Waals surface area contributed by atoms with Crippen molar-refractivity contribution in [1.29, 1.82) is 0 Å². The first kappa shape index (κ1) is 10.2. The summed E-state index contributed by atoms with van der Waals surface area (Å²) in [5.74, 6) is 0. The highest BCUT2D eigenvalue weighted by atomic mass is 19.1. The molecule has 0 fully saturated rings. The molecule has 0 aromatic heterocycles. The minimum absolute atomic E-state index is 0.0296. The maximum atomic E-state index is 12.5. The maximum absolute atomic E-state index is 12.5. The fourth-order valence-corrected chi connectivity index (χ4v) is 1.31. The molecule has 0 amide bonds. The van der Waals surface area contributed by atoms with Crippen molar-refractivity contribution in [2.24, 2.45) is 5.73 Å². The number of nitrogens with two attached hydrogens (primary N) is 1. The lowest BCUT2D eigenvalue weighted by atomic mass is 10.00. The van der Waals surface area contributed by atoms with Gasteiger partial charge in [-0.2, -0.15) is 0 Å². The zero-order valence-electron chi connectivity index (χ0n) is 7.41. The lowest BCUT2D eigenvalue weighted by Crippen LogP contribution is -2.13. The summed E-state index contributed by atoms with van der Waals surface area (Å²) in [6.45, 7) is -0.475. The standard InChI is InChI=1S/C10H14FNO/c11-7-8-3-1-2-4-9(8)10(12)5-6-13/h1-4,10,13H,5-7,12H2. The van der Waals surface area contributed by atoms with Crippen LogP contribution in [0.3, 0.4) is 0 Å². The number of rotatable bonds is 4. The Morgan fingerprint density at radius 3 is 2.69 bits per heavy atom. The highest BCUT2D eigenvalue weighted by molar-refractivity contribution is 5.29. The van der Waals surface area contributed by atoms with Crippen LogP contribution in [0.4, 0.5) is 4.39 Å². The fraction of sp³-hybridized carbons (Fsp3) is 0.400. The molecule has 1 atom stereocenters. The van der Waals surface area contributed by atoms with E-state index in [2.05, 4.69) is 0 Å². The van der Waals surface area contributed by atoms with Crippen LogP contribution in [0.25, 0.3) is 0 Å². The van der Waals surface area contributed by atoms with Gasteiger partial charge in [-0.3, -0.25) is 0 Å². The van der Waals surface area contributed by atoms with Crippen LogP contribution >= 0.6 is 0 Å². The van der Waals surface area contributed by atoms with E-state index in [9.17, 15) is 4.39 Å². The average molecular weight is 183 g/mol. The third-order valence-corrected chi connectivity index (χ3v) is 2.04. The van der Waals surface area contributed by atoms with E-state index in [1.165, 1.54) is 0 Å². The molecular formula is C10H14FNO. The number of halogens is 1. The first-order valence-electron chi connectivity index (χ1n) is 4.29. The monoisotopic (exact) mass is 183 g/mol. The van der Waals surface area contributed by atoms with Crippen molar-refractivity contribution in [3.05, 3.63) is 35.4 Å². The molecule has 72 valence electrons. The Hall–Kier alpha value is -0.930. The molecular weight excluding hydrogens is 169 g/mol. The van der Waals surface area contributed by atoms with E-state index in [1.807, 2.05) is 6.07 Å². The molecule has 1 unspecified atom stereocenters. The van der Waals surface area contributed by atoms with Crippen molar-refractivity contribution in [3.8, 4) is 0 Å². The topological polar surface area (TPSA) is 46.2 Å². The Morgan fingerprint density at radius 1 is 1.38 bits per heavy atom. The quantitative estimate of drug-likeness (QED) is 0.743. The number of aliphatic hydroxyl groups is 1. The minimum Gasteiger partial charge on any atom is -0.396 e. The first-order valence-corrected chi connectivity index (χ1v) is 4.29. The maximum Gasteiger partial charge on any atom is 0.115 e. The number of alkyl halides is 1. The lowest BCUT2D eigenvalue weighted by molar-refractivity contribution is 0.276. The highest BCUT2D eigenvalue weighted by Crippen LogP contribution is 2.19. The van der Waals surface area contributed by atoms with E-state index < -0.39 is 6.67 Å². The molecule has 0 saturated carbocycles. The molecule has 3 heteroatoms. The minimum atomic E-state index is -0.505. The van der Waals surface area contributed by atoms with Gasteiger partial charge in [-0.05, 0) is 17.5 Å². The summed E-state index contributed by atoms with van der Waals surface area (Å²) in [6.07, 6.45) is 0.469. The number of hydrogen-bond donors (Lipinski definition) is 2. The van der Waals surface area contributed by atoms with Gasteiger partial charge in [0.1, 0.15) is 6.67 Å². The van der Waals surface area contributed by atoms with Crippen molar-refractivity contribution in [3.63, 3.8) is 0 Å². The highest BCUT2D eigenvalue weighted by Gasteiger charge is 2.09. The van der Waals surface area contributed by atoms with Gasteiger partial charge in [0.2, 0.25) is 0 Å². The molecule has 0 spiro atoms. The average Bonchev–Trinajstić information content (AvgIpc) is 2.18. The Labute approximate surface area is 77.2 Å². The normalized spacial score (nSPS) is 12.8. The van der Waals surface area contributed by atoms with Crippen molar-refractivity contribution in [2.45, 2.75) is 19.1 Å². The van der Waals surface area contributed by atoms with E-state index in [4.69, 9.17) is 10.8 Å². The van der Waals surface area contributed by atoms with E-state index in [0.29, 0.717) is 12.0 Å². The summed E-state index contributed by atoms with van der Waals surface area (Å²) in [4.78, 5) is 0. The van der Waals surface area contributed by atoms with Crippen LogP contribution < -0.4 is 5.73 Å². The number of aliphatic hydroxyl groups excluding tert-OH is 1. The Bertz CT molecular complexity index is 265. The predicted molar refractivity (Wildman–Crippen MR) is 49.9 cm³/mol. The van der Waals surface area contributed by atoms with Crippen LogP contribution in [0.1, 0.15) is 23.6 Å². The van der Waals surface area contributed by atoms with Gasteiger partial charge < -0.3 is 10.8 Å². The van der Waals surface area contributed by atoms with Gasteiger partial charge in [0.05, 0.1) is 0 Å². The predicted octanol–water partition coefficient (Wildman–Crippen LogP) is 1.54. The van der Waals surface area contributed by atoms with Crippen LogP contribution in [0, 0.1) is 0 Å². The van der Waals surface area contributed by atoms with Crippen LogP contribution in [-0.2, 0) is 6.67 Å². The Morgan fingerprint density at radius 2 is 2.08 bits per heavy atom. The van der Waals surface area contributed by atoms with Crippen LogP contribution in [0.2, 0.25) is 0 Å². The summed E-state index contributed by atoms with van der Waals surface area (Å²) in [6, 6.07) is 6.86. The zero-order chi connectivity index (χ0) is 9.68. The molecule has 0 aliphatic rings. The lowest BCUT2D eigenvalue weighted by Gasteiger charge is -2.13. The van der Waals surface area contributed by atoms with Gasteiger partial charge in [-0.15, -0.1) is 0 Å². The summed E-state index contributed by atoms with van der Waals surface area (Å²) in [7, 11) is 0. The van der Waals surface area contributed by atoms with Gasteiger partial charge in [0.25, 0.3) is 0 Å². The molecule has 2 nitrogen and oxygen atoms in total. The second kappa shape index (κ2) is 4.94. The van der Waals surface area contributed by atoms with E-state index >= 15 is 0 Å². The second-order valence-corrected chi connectivity index (χ2v) is 2.95. The molecule has 1 aromatic rings. The fourth-order valence-electron chi connectivity index (χ4n) is 1.31. The van der Waals surface area contributed by atoms with Gasteiger partial charge in [0, 0.05) is 12.6 Å². The third-order valence-electron chi connectivity index (χ3n) is 2.04. The molecule has 0 bridgehead atoms. The number of hydrogen-bond acceptors (Lipinski definition) is 2. The Kier molecular flexibility index (Phi) is 3.86. The summed E-state index contributed by atoms with van der Waals surface area (Å²) in [5.41, 5.74) is 7.16. The van der Waals surface area contributed by atoms with Crippen molar-refractivity contribution in [2.75, 3.05) is 6.61 Å². The Balaban J connectivity index is 2.85. The summed E-state index contributed by atoms with van der Waals surface area (Å²) < 4.78 is 12.5. The van der Waals surface area contributed by atoms with E-state index in [1.54, 1.807) is 18.2 Å². The summed E-state index contributed by atoms with van der Waals surface area (Å²) in [5, 5.41) is 8.69. The molecule has 1 aromatic carbocycles. The largest absolute Gasteiger partial charge is 0.396 e. The van der Waals surface area contributed by atoms with Crippen molar-refractivity contribution >= 4 is 0 Å². The SMILES string of the molecule is NC(CCO)c1ccccc1CF. The zero-order valence-corrected chi connectivity index (χ0v) is 7.41. The molecule has 1 rings (SSSR count). The number of benzene rings is 1. The van der Waals surface area contributed by atoms with Gasteiger partial charge >= 0.3 is 0 Å². The van der Waals surface area contributed by atoms with Gasteiger partial charge in [-0.25, -0.2) is 4.39 Å². The van der Waals surface area contributed by atoms with Crippen LogP contribution in [-0.4, -0.2) is 11.7 Å². The second-order valence-electron chi connectivity index (χ2n) is 2.95.